The van der Waals surface area contributed by atoms with Crippen molar-refractivity contribution in [3.8, 4) is 17.2 Å². The summed E-state index contributed by atoms with van der Waals surface area (Å²) in [4.78, 5) is 18.7. The maximum Gasteiger partial charge on any atom is 0.205 e. The molecule has 0 aliphatic heterocycles. The number of aryl methyl sites for hydroxylation is 1. The average Bonchev–Trinajstić information content (AvgIpc) is 3.16. The van der Waals surface area contributed by atoms with Gasteiger partial charge in [-0.3, -0.25) is 4.79 Å². The van der Waals surface area contributed by atoms with E-state index in [1.807, 2.05) is 55.5 Å². The highest BCUT2D eigenvalue weighted by Crippen LogP contribution is 2.47. The third kappa shape index (κ3) is 3.00. The summed E-state index contributed by atoms with van der Waals surface area (Å²) in [5, 5.41) is 11.8. The van der Waals surface area contributed by atoms with Crippen LogP contribution in [0.15, 0.2) is 60.7 Å². The van der Waals surface area contributed by atoms with Gasteiger partial charge in [0.15, 0.2) is 0 Å². The fraction of sp³-hybridized carbons (Fsp3) is 0.0385. The first kappa shape index (κ1) is 20.5. The highest BCUT2D eigenvalue weighted by atomic mass is 32.1. The molecule has 3 aromatic carbocycles. The lowest BCUT2D eigenvalue weighted by atomic mass is 9.88. The Labute approximate surface area is 193 Å². The lowest BCUT2D eigenvalue weighted by Gasteiger charge is -2.17. The van der Waals surface area contributed by atoms with E-state index < -0.39 is 0 Å². The number of fused-ring (bicyclic) bond motifs is 3. The Balaban J connectivity index is 1.92. The van der Waals surface area contributed by atoms with Crippen LogP contribution < -0.4 is 17.2 Å². The molecule has 6 N–H and O–H groups in total. The summed E-state index contributed by atoms with van der Waals surface area (Å²) >= 11 is 1.21. The number of carbonyl (C=O) groups is 1. The standard InChI is InChI=1S/C26H19N5OS/c1-13-17(14-8-4-2-5-9-14)16(12-27)21(28)19-18(13)20-22(29)24(33-26(20)31-25(19)30)23(32)15-10-6-3-7-11-15/h2-11H,28-29H2,1H3,(H2,30,31). The Morgan fingerprint density at radius 3 is 2.18 bits per heavy atom. The monoisotopic (exact) mass is 449 g/mol. The van der Waals surface area contributed by atoms with Crippen LogP contribution in [0.4, 0.5) is 17.2 Å². The third-order valence-electron chi connectivity index (χ3n) is 5.86. The molecule has 0 saturated carbocycles. The summed E-state index contributed by atoms with van der Waals surface area (Å²) in [6.07, 6.45) is 0. The number of benzene rings is 3. The van der Waals surface area contributed by atoms with E-state index in [-0.39, 0.29) is 17.3 Å². The Bertz CT molecular complexity index is 1620. The SMILES string of the molecule is Cc1c(-c2ccccc2)c(C#N)c(N)c2c(N)nc3sc(C(=O)c4ccccc4)c(N)c3c12. The molecule has 0 fully saturated rings. The van der Waals surface area contributed by atoms with Gasteiger partial charge in [-0.15, -0.1) is 11.3 Å². The summed E-state index contributed by atoms with van der Waals surface area (Å²) in [7, 11) is 0. The molecule has 7 heteroatoms. The summed E-state index contributed by atoms with van der Waals surface area (Å²) in [5.41, 5.74) is 23.3. The maximum absolute atomic E-state index is 13.2. The van der Waals surface area contributed by atoms with E-state index in [9.17, 15) is 10.1 Å². The number of hydrogen-bond acceptors (Lipinski definition) is 7. The first-order valence-corrected chi connectivity index (χ1v) is 11.0. The van der Waals surface area contributed by atoms with Gasteiger partial charge in [-0.2, -0.15) is 5.26 Å². The second kappa shape index (κ2) is 7.62. The van der Waals surface area contributed by atoms with Gasteiger partial charge in [0, 0.05) is 27.3 Å². The van der Waals surface area contributed by atoms with Crippen LogP contribution in [0.5, 0.6) is 0 Å². The van der Waals surface area contributed by atoms with Crippen LogP contribution in [0.25, 0.3) is 32.1 Å². The molecular weight excluding hydrogens is 430 g/mol. The molecule has 2 aromatic heterocycles. The van der Waals surface area contributed by atoms with E-state index in [4.69, 9.17) is 17.2 Å². The van der Waals surface area contributed by atoms with E-state index in [2.05, 4.69) is 11.1 Å². The van der Waals surface area contributed by atoms with E-state index in [0.29, 0.717) is 42.7 Å². The van der Waals surface area contributed by atoms with Gasteiger partial charge >= 0.3 is 0 Å². The number of rotatable bonds is 3. The number of anilines is 3. The second-order valence-corrected chi connectivity index (χ2v) is 8.73. The fourth-order valence-corrected chi connectivity index (χ4v) is 5.43. The van der Waals surface area contributed by atoms with Crippen molar-refractivity contribution in [3.05, 3.63) is 82.2 Å². The highest BCUT2D eigenvalue weighted by molar-refractivity contribution is 7.21. The van der Waals surface area contributed by atoms with Crippen LogP contribution in [0.2, 0.25) is 0 Å². The van der Waals surface area contributed by atoms with Gasteiger partial charge < -0.3 is 17.2 Å². The summed E-state index contributed by atoms with van der Waals surface area (Å²) in [5.74, 6) is 0.0274. The number of nitrogens with zero attached hydrogens (tertiary/aromatic N) is 2. The minimum atomic E-state index is -0.176. The van der Waals surface area contributed by atoms with E-state index in [0.717, 1.165) is 16.7 Å². The minimum Gasteiger partial charge on any atom is -0.397 e. The Kier molecular flexibility index (Phi) is 4.73. The first-order chi connectivity index (χ1) is 15.9. The van der Waals surface area contributed by atoms with Gasteiger partial charge in [-0.1, -0.05) is 60.7 Å². The molecule has 33 heavy (non-hydrogen) atoms. The van der Waals surface area contributed by atoms with Crippen molar-refractivity contribution in [2.24, 2.45) is 0 Å². The predicted molar refractivity (Wildman–Crippen MR) is 135 cm³/mol. The molecule has 0 saturated heterocycles. The molecule has 0 aliphatic carbocycles. The number of nitriles is 1. The van der Waals surface area contributed by atoms with Gasteiger partial charge in [0.25, 0.3) is 0 Å². The molecule has 2 heterocycles. The molecular formula is C26H19N5OS. The Morgan fingerprint density at radius 1 is 0.909 bits per heavy atom. The molecule has 5 aromatic rings. The van der Waals surface area contributed by atoms with Crippen molar-refractivity contribution < 1.29 is 4.79 Å². The molecule has 0 spiro atoms. The van der Waals surface area contributed by atoms with Crippen molar-refractivity contribution in [2.45, 2.75) is 6.92 Å². The van der Waals surface area contributed by atoms with E-state index in [1.165, 1.54) is 11.3 Å². The molecule has 0 aliphatic rings. The van der Waals surface area contributed by atoms with Crippen LogP contribution in [0.3, 0.4) is 0 Å². The molecule has 0 atom stereocenters. The van der Waals surface area contributed by atoms with Crippen molar-refractivity contribution in [2.75, 3.05) is 17.2 Å². The van der Waals surface area contributed by atoms with E-state index in [1.54, 1.807) is 12.1 Å². The zero-order valence-electron chi connectivity index (χ0n) is 17.7. The second-order valence-electron chi connectivity index (χ2n) is 7.73. The molecule has 6 nitrogen and oxygen atoms in total. The maximum atomic E-state index is 13.2. The number of nitrogens with two attached hydrogens (primary N) is 3. The lowest BCUT2D eigenvalue weighted by molar-refractivity contribution is 0.104. The van der Waals surface area contributed by atoms with Gasteiger partial charge in [-0.05, 0) is 18.1 Å². The van der Waals surface area contributed by atoms with Crippen molar-refractivity contribution in [1.82, 2.24) is 4.98 Å². The predicted octanol–water partition coefficient (Wildman–Crippen LogP) is 5.27. The molecule has 0 radical (unpaired) electrons. The summed E-state index contributed by atoms with van der Waals surface area (Å²) in [6.45, 7) is 1.92. The van der Waals surface area contributed by atoms with Gasteiger partial charge in [0.05, 0.1) is 16.9 Å². The number of pyridine rings is 1. The van der Waals surface area contributed by atoms with Crippen molar-refractivity contribution >= 4 is 55.3 Å². The number of carbonyl (C=O) groups excluding carboxylic acids is 1. The van der Waals surface area contributed by atoms with Crippen LogP contribution in [0, 0.1) is 18.3 Å². The Morgan fingerprint density at radius 2 is 1.55 bits per heavy atom. The number of thiophene rings is 1. The van der Waals surface area contributed by atoms with E-state index >= 15 is 0 Å². The quantitative estimate of drug-likeness (QED) is 0.254. The smallest absolute Gasteiger partial charge is 0.205 e. The number of aromatic nitrogens is 1. The molecule has 0 unspecified atom stereocenters. The fourth-order valence-electron chi connectivity index (χ4n) is 4.36. The highest BCUT2D eigenvalue weighted by Gasteiger charge is 2.26. The molecule has 0 bridgehead atoms. The third-order valence-corrected chi connectivity index (χ3v) is 6.96. The van der Waals surface area contributed by atoms with Gasteiger partial charge in [0.2, 0.25) is 5.78 Å². The Hall–Kier alpha value is -4.41. The topological polar surface area (TPSA) is 132 Å². The first-order valence-electron chi connectivity index (χ1n) is 10.2. The minimum absolute atomic E-state index is 0.176. The summed E-state index contributed by atoms with van der Waals surface area (Å²) in [6, 6.07) is 20.8. The molecule has 5 rings (SSSR count). The van der Waals surface area contributed by atoms with Crippen LogP contribution in [0.1, 0.15) is 26.4 Å². The van der Waals surface area contributed by atoms with Gasteiger partial charge in [-0.25, -0.2) is 4.98 Å². The van der Waals surface area contributed by atoms with Crippen LogP contribution in [-0.4, -0.2) is 10.8 Å². The molecule has 0 amide bonds. The zero-order chi connectivity index (χ0) is 23.3. The molecule has 160 valence electrons. The van der Waals surface area contributed by atoms with Crippen LogP contribution in [-0.2, 0) is 0 Å². The average molecular weight is 450 g/mol. The normalized spacial score (nSPS) is 11.0. The largest absolute Gasteiger partial charge is 0.397 e. The number of nitrogen functional groups attached to an aromatic ring is 3. The van der Waals surface area contributed by atoms with Crippen molar-refractivity contribution in [3.63, 3.8) is 0 Å². The number of ketones is 1. The zero-order valence-corrected chi connectivity index (χ0v) is 18.5. The lowest BCUT2D eigenvalue weighted by Crippen LogP contribution is -2.04. The van der Waals surface area contributed by atoms with Crippen LogP contribution >= 0.6 is 11.3 Å². The number of hydrogen-bond donors (Lipinski definition) is 3. The van der Waals surface area contributed by atoms with Crippen molar-refractivity contribution in [1.29, 1.82) is 5.26 Å². The van der Waals surface area contributed by atoms with Gasteiger partial charge in [0.1, 0.15) is 21.6 Å². The summed E-state index contributed by atoms with van der Waals surface area (Å²) < 4.78 is 0.